The minimum Gasteiger partial charge on any atom is -0.496 e. The molecule has 1 N–H and O–H groups in total. The van der Waals surface area contributed by atoms with E-state index >= 15 is 0 Å². The first kappa shape index (κ1) is 16.3. The summed E-state index contributed by atoms with van der Waals surface area (Å²) in [6.07, 6.45) is 1.61. The largest absolute Gasteiger partial charge is 0.496 e. The van der Waals surface area contributed by atoms with Crippen LogP contribution in [0.25, 0.3) is 11.3 Å². The summed E-state index contributed by atoms with van der Waals surface area (Å²) in [6, 6.07) is 20.9. The van der Waals surface area contributed by atoms with Crippen molar-refractivity contribution in [2.45, 2.75) is 6.54 Å². The van der Waals surface area contributed by atoms with Gasteiger partial charge in [0.2, 0.25) is 0 Å². The van der Waals surface area contributed by atoms with Gasteiger partial charge in [0.05, 0.1) is 31.5 Å². The molecule has 1 heterocycles. The van der Waals surface area contributed by atoms with Crippen molar-refractivity contribution in [2.24, 2.45) is 5.10 Å². The fraction of sp³-hybridized carbons (Fsp3) is 0.100. The molecule has 0 aliphatic carbocycles. The van der Waals surface area contributed by atoms with Crippen LogP contribution in [0.5, 0.6) is 5.75 Å². The lowest BCUT2D eigenvalue weighted by Crippen LogP contribution is -2.06. The maximum absolute atomic E-state index is 9.17. The number of hydrogen-bond acceptors (Lipinski definition) is 5. The fourth-order valence-corrected chi connectivity index (χ4v) is 2.45. The lowest BCUT2D eigenvalue weighted by atomic mass is 10.1. The van der Waals surface area contributed by atoms with Gasteiger partial charge in [0.1, 0.15) is 17.3 Å². The summed E-state index contributed by atoms with van der Waals surface area (Å²) >= 11 is 0. The van der Waals surface area contributed by atoms with Crippen molar-refractivity contribution >= 4 is 6.21 Å². The lowest BCUT2D eigenvalue weighted by Gasteiger charge is -2.06. The second kappa shape index (κ2) is 7.84. The van der Waals surface area contributed by atoms with Crippen LogP contribution in [0, 0.1) is 11.3 Å². The monoisotopic (exact) mass is 331 g/mol. The number of furan rings is 1. The molecule has 0 aliphatic heterocycles. The number of benzene rings is 2. The van der Waals surface area contributed by atoms with E-state index in [-0.39, 0.29) is 0 Å². The molecule has 5 nitrogen and oxygen atoms in total. The number of nitrogens with one attached hydrogen (secondary N) is 1. The highest BCUT2D eigenvalue weighted by atomic mass is 16.5. The van der Waals surface area contributed by atoms with Gasteiger partial charge in [0, 0.05) is 11.1 Å². The molecule has 0 bridgehead atoms. The van der Waals surface area contributed by atoms with Crippen molar-refractivity contribution in [3.05, 3.63) is 77.6 Å². The van der Waals surface area contributed by atoms with E-state index in [9.17, 15) is 5.26 Å². The fourth-order valence-electron chi connectivity index (χ4n) is 2.45. The van der Waals surface area contributed by atoms with Gasteiger partial charge in [-0.1, -0.05) is 30.3 Å². The van der Waals surface area contributed by atoms with Crippen LogP contribution in [0.4, 0.5) is 0 Å². The third-order valence-corrected chi connectivity index (χ3v) is 3.68. The van der Waals surface area contributed by atoms with Crippen molar-refractivity contribution in [3.63, 3.8) is 0 Å². The van der Waals surface area contributed by atoms with Crippen molar-refractivity contribution in [1.29, 1.82) is 5.26 Å². The lowest BCUT2D eigenvalue weighted by molar-refractivity contribution is 0.408. The average molecular weight is 331 g/mol. The van der Waals surface area contributed by atoms with Crippen LogP contribution in [0.2, 0.25) is 0 Å². The number of para-hydroxylation sites is 1. The molecule has 25 heavy (non-hydrogen) atoms. The number of ether oxygens (including phenoxy) is 1. The summed E-state index contributed by atoms with van der Waals surface area (Å²) in [5.41, 5.74) is 5.34. The van der Waals surface area contributed by atoms with Gasteiger partial charge in [-0.3, -0.25) is 0 Å². The van der Waals surface area contributed by atoms with Gasteiger partial charge in [0.15, 0.2) is 0 Å². The van der Waals surface area contributed by atoms with Crippen LogP contribution in [0.15, 0.2) is 70.2 Å². The van der Waals surface area contributed by atoms with E-state index in [1.165, 1.54) is 0 Å². The van der Waals surface area contributed by atoms with E-state index in [1.807, 2.05) is 54.6 Å². The van der Waals surface area contributed by atoms with E-state index in [0.29, 0.717) is 23.6 Å². The zero-order valence-electron chi connectivity index (χ0n) is 13.8. The maximum Gasteiger partial charge on any atom is 0.147 e. The topological polar surface area (TPSA) is 70.5 Å². The normalized spacial score (nSPS) is 10.6. The number of hydrazone groups is 1. The summed E-state index contributed by atoms with van der Waals surface area (Å²) in [6.45, 7) is 0.547. The maximum atomic E-state index is 9.17. The highest BCUT2D eigenvalue weighted by molar-refractivity contribution is 5.78. The summed E-state index contributed by atoms with van der Waals surface area (Å²) in [7, 11) is 1.64. The minimum absolute atomic E-state index is 0.547. The molecular weight excluding hydrogens is 314 g/mol. The van der Waals surface area contributed by atoms with Gasteiger partial charge in [0.25, 0.3) is 0 Å². The smallest absolute Gasteiger partial charge is 0.147 e. The first-order chi connectivity index (χ1) is 12.3. The zero-order valence-corrected chi connectivity index (χ0v) is 13.8. The number of nitriles is 1. The van der Waals surface area contributed by atoms with Crippen LogP contribution in [-0.4, -0.2) is 13.3 Å². The Morgan fingerprint density at radius 3 is 2.76 bits per heavy atom. The molecule has 2 aromatic carbocycles. The van der Waals surface area contributed by atoms with Gasteiger partial charge in [-0.25, -0.2) is 0 Å². The van der Waals surface area contributed by atoms with Crippen molar-refractivity contribution in [2.75, 3.05) is 7.11 Å². The Morgan fingerprint density at radius 2 is 1.92 bits per heavy atom. The highest BCUT2D eigenvalue weighted by Crippen LogP contribution is 2.24. The molecule has 3 aromatic rings. The summed E-state index contributed by atoms with van der Waals surface area (Å²) in [5, 5.41) is 13.3. The molecule has 0 amide bonds. The zero-order chi connectivity index (χ0) is 17.5. The van der Waals surface area contributed by atoms with Crippen LogP contribution < -0.4 is 10.2 Å². The molecule has 0 spiro atoms. The van der Waals surface area contributed by atoms with Crippen LogP contribution >= 0.6 is 0 Å². The Morgan fingerprint density at radius 1 is 1.12 bits per heavy atom. The molecule has 124 valence electrons. The van der Waals surface area contributed by atoms with Crippen LogP contribution in [0.1, 0.15) is 16.9 Å². The van der Waals surface area contributed by atoms with Crippen molar-refractivity contribution in [1.82, 2.24) is 5.43 Å². The van der Waals surface area contributed by atoms with Crippen LogP contribution in [-0.2, 0) is 6.54 Å². The van der Waals surface area contributed by atoms with Gasteiger partial charge in [-0.2, -0.15) is 10.4 Å². The molecule has 1 aromatic heterocycles. The minimum atomic E-state index is 0.547. The van der Waals surface area contributed by atoms with Gasteiger partial charge in [-0.05, 0) is 30.3 Å². The van der Waals surface area contributed by atoms with E-state index in [0.717, 1.165) is 16.9 Å². The molecule has 3 rings (SSSR count). The number of nitrogens with zero attached hydrogens (tertiary/aromatic N) is 2. The Kier molecular flexibility index (Phi) is 5.13. The van der Waals surface area contributed by atoms with Gasteiger partial charge < -0.3 is 14.6 Å². The Bertz CT molecular complexity index is 922. The molecule has 0 atom stereocenters. The highest BCUT2D eigenvalue weighted by Gasteiger charge is 2.08. The SMILES string of the molecule is COc1ccccc1CN/N=C/c1ccc(-c2ccccc2C#N)o1. The Balaban J connectivity index is 1.65. The van der Waals surface area contributed by atoms with E-state index in [4.69, 9.17) is 9.15 Å². The molecule has 0 saturated heterocycles. The Labute approximate surface area is 146 Å². The van der Waals surface area contributed by atoms with E-state index < -0.39 is 0 Å². The quantitative estimate of drug-likeness (QED) is 0.548. The molecule has 0 radical (unpaired) electrons. The van der Waals surface area contributed by atoms with Gasteiger partial charge in [-0.15, -0.1) is 0 Å². The second-order valence-electron chi connectivity index (χ2n) is 5.26. The van der Waals surface area contributed by atoms with E-state index in [2.05, 4.69) is 16.6 Å². The first-order valence-corrected chi connectivity index (χ1v) is 7.79. The summed E-state index contributed by atoms with van der Waals surface area (Å²) < 4.78 is 11.0. The summed E-state index contributed by atoms with van der Waals surface area (Å²) in [5.74, 6) is 2.07. The second-order valence-corrected chi connectivity index (χ2v) is 5.26. The predicted molar refractivity (Wildman–Crippen MR) is 96.3 cm³/mol. The van der Waals surface area contributed by atoms with Crippen molar-refractivity contribution < 1.29 is 9.15 Å². The molecule has 0 fully saturated rings. The molecular formula is C20H17N3O2. The molecule has 0 saturated carbocycles. The number of rotatable bonds is 6. The van der Waals surface area contributed by atoms with Crippen molar-refractivity contribution in [3.8, 4) is 23.1 Å². The van der Waals surface area contributed by atoms with Crippen LogP contribution in [0.3, 0.4) is 0 Å². The standard InChI is InChI=1S/C20H17N3O2/c1-24-19-9-5-3-7-16(19)13-22-23-14-17-10-11-20(25-17)18-8-4-2-6-15(18)12-21/h2-11,14,22H,13H2,1H3/b23-14+. The van der Waals surface area contributed by atoms with Gasteiger partial charge >= 0.3 is 0 Å². The Hall–Kier alpha value is -3.52. The number of methoxy groups -OCH3 is 1. The molecule has 0 unspecified atom stereocenters. The molecule has 5 heteroatoms. The average Bonchev–Trinajstić information content (AvgIpc) is 3.14. The van der Waals surface area contributed by atoms with E-state index in [1.54, 1.807) is 19.4 Å². The first-order valence-electron chi connectivity index (χ1n) is 7.79. The molecule has 0 aliphatic rings. The third kappa shape index (κ3) is 3.88. The summed E-state index contributed by atoms with van der Waals surface area (Å²) in [4.78, 5) is 0. The predicted octanol–water partition coefficient (Wildman–Crippen LogP) is 3.95. The third-order valence-electron chi connectivity index (χ3n) is 3.68. The number of hydrogen-bond donors (Lipinski definition) is 1.